The van der Waals surface area contributed by atoms with Crippen LogP contribution in [0.3, 0.4) is 0 Å². The molecule has 0 unspecified atom stereocenters. The van der Waals surface area contributed by atoms with Crippen molar-refractivity contribution in [1.29, 1.82) is 0 Å². The van der Waals surface area contributed by atoms with E-state index in [9.17, 15) is 0 Å². The normalized spacial score (nSPS) is 11.6. The standard InChI is InChI=1S/C12H20ClN3/c1-5-14-7-9-6-10(13)11(15-8-9)16-12(2,3)4/h6,8,14H,5,7H2,1-4H3,(H,15,16). The van der Waals surface area contributed by atoms with E-state index in [0.717, 1.165) is 24.5 Å². The summed E-state index contributed by atoms with van der Waals surface area (Å²) in [4.78, 5) is 4.33. The second kappa shape index (κ2) is 5.51. The lowest BCUT2D eigenvalue weighted by Crippen LogP contribution is -2.27. The Morgan fingerprint density at radius 1 is 1.38 bits per heavy atom. The maximum absolute atomic E-state index is 6.16. The summed E-state index contributed by atoms with van der Waals surface area (Å²) in [6, 6.07) is 1.95. The first kappa shape index (κ1) is 13.3. The molecule has 1 rings (SSSR count). The van der Waals surface area contributed by atoms with Crippen LogP contribution in [-0.4, -0.2) is 17.1 Å². The average Bonchev–Trinajstić information content (AvgIpc) is 2.17. The van der Waals surface area contributed by atoms with Crippen molar-refractivity contribution in [2.45, 2.75) is 39.8 Å². The van der Waals surface area contributed by atoms with Gasteiger partial charge in [0, 0.05) is 18.3 Å². The molecule has 0 fully saturated rings. The lowest BCUT2D eigenvalue weighted by molar-refractivity contribution is 0.630. The summed E-state index contributed by atoms with van der Waals surface area (Å²) in [5, 5.41) is 7.18. The van der Waals surface area contributed by atoms with Crippen molar-refractivity contribution >= 4 is 17.4 Å². The summed E-state index contributed by atoms with van der Waals surface area (Å²) in [6.45, 7) is 10.1. The number of nitrogens with one attached hydrogen (secondary N) is 2. The van der Waals surface area contributed by atoms with Crippen LogP contribution in [-0.2, 0) is 6.54 Å². The molecule has 4 heteroatoms. The highest BCUT2D eigenvalue weighted by Gasteiger charge is 2.12. The summed E-state index contributed by atoms with van der Waals surface area (Å²) in [7, 11) is 0. The van der Waals surface area contributed by atoms with Crippen LogP contribution in [0, 0.1) is 0 Å². The molecule has 0 radical (unpaired) electrons. The van der Waals surface area contributed by atoms with Crippen LogP contribution in [0.4, 0.5) is 5.82 Å². The highest BCUT2D eigenvalue weighted by molar-refractivity contribution is 6.33. The molecule has 3 nitrogen and oxygen atoms in total. The smallest absolute Gasteiger partial charge is 0.145 e. The molecular formula is C12H20ClN3. The van der Waals surface area contributed by atoms with Crippen molar-refractivity contribution in [3.8, 4) is 0 Å². The molecule has 0 aliphatic rings. The van der Waals surface area contributed by atoms with Crippen LogP contribution < -0.4 is 10.6 Å². The van der Waals surface area contributed by atoms with Gasteiger partial charge in [-0.05, 0) is 38.9 Å². The second-order valence-corrected chi connectivity index (χ2v) is 5.24. The summed E-state index contributed by atoms with van der Waals surface area (Å²) >= 11 is 6.16. The number of anilines is 1. The summed E-state index contributed by atoms with van der Waals surface area (Å²) in [6.07, 6.45) is 1.85. The van der Waals surface area contributed by atoms with E-state index >= 15 is 0 Å². The van der Waals surface area contributed by atoms with Crippen molar-refractivity contribution in [2.75, 3.05) is 11.9 Å². The lowest BCUT2D eigenvalue weighted by atomic mass is 10.1. The first-order valence-electron chi connectivity index (χ1n) is 5.55. The fraction of sp³-hybridized carbons (Fsp3) is 0.583. The van der Waals surface area contributed by atoms with Crippen molar-refractivity contribution in [1.82, 2.24) is 10.3 Å². The first-order valence-corrected chi connectivity index (χ1v) is 5.93. The molecule has 2 N–H and O–H groups in total. The molecule has 0 bridgehead atoms. The van der Waals surface area contributed by atoms with Crippen molar-refractivity contribution in [2.24, 2.45) is 0 Å². The van der Waals surface area contributed by atoms with Gasteiger partial charge in [0.1, 0.15) is 5.82 Å². The van der Waals surface area contributed by atoms with Gasteiger partial charge in [-0.1, -0.05) is 18.5 Å². The Kier molecular flexibility index (Phi) is 4.56. The number of halogens is 1. The van der Waals surface area contributed by atoms with E-state index < -0.39 is 0 Å². The predicted octanol–water partition coefficient (Wildman–Crippen LogP) is 3.05. The first-order chi connectivity index (χ1) is 7.42. The minimum Gasteiger partial charge on any atom is -0.364 e. The largest absolute Gasteiger partial charge is 0.364 e. The van der Waals surface area contributed by atoms with Gasteiger partial charge < -0.3 is 10.6 Å². The third-order valence-corrected chi connectivity index (χ3v) is 2.26. The second-order valence-electron chi connectivity index (χ2n) is 4.83. The van der Waals surface area contributed by atoms with Gasteiger partial charge in [0.2, 0.25) is 0 Å². The van der Waals surface area contributed by atoms with E-state index in [4.69, 9.17) is 11.6 Å². The van der Waals surface area contributed by atoms with Gasteiger partial charge >= 0.3 is 0 Å². The number of rotatable bonds is 4. The SMILES string of the molecule is CCNCc1cnc(NC(C)(C)C)c(Cl)c1. The molecule has 0 aliphatic heterocycles. The van der Waals surface area contributed by atoms with E-state index in [1.165, 1.54) is 0 Å². The fourth-order valence-corrected chi connectivity index (χ4v) is 1.53. The molecule has 0 spiro atoms. The van der Waals surface area contributed by atoms with Gasteiger partial charge in [0.25, 0.3) is 0 Å². The number of hydrogen-bond donors (Lipinski definition) is 2. The van der Waals surface area contributed by atoms with Crippen LogP contribution >= 0.6 is 11.6 Å². The van der Waals surface area contributed by atoms with Crippen LogP contribution in [0.5, 0.6) is 0 Å². The summed E-state index contributed by atoms with van der Waals surface area (Å²) in [5.41, 5.74) is 1.08. The van der Waals surface area contributed by atoms with Gasteiger partial charge in [-0.15, -0.1) is 0 Å². The summed E-state index contributed by atoms with van der Waals surface area (Å²) in [5.74, 6) is 0.745. The maximum Gasteiger partial charge on any atom is 0.145 e. The van der Waals surface area contributed by atoms with Gasteiger partial charge in [0.15, 0.2) is 0 Å². The lowest BCUT2D eigenvalue weighted by Gasteiger charge is -2.22. The molecule has 0 aromatic carbocycles. The Balaban J connectivity index is 2.75. The van der Waals surface area contributed by atoms with Crippen molar-refractivity contribution in [3.05, 3.63) is 22.8 Å². The Morgan fingerprint density at radius 3 is 2.56 bits per heavy atom. The van der Waals surface area contributed by atoms with Crippen molar-refractivity contribution < 1.29 is 0 Å². The van der Waals surface area contributed by atoms with Crippen LogP contribution in [0.25, 0.3) is 0 Å². The number of hydrogen-bond acceptors (Lipinski definition) is 3. The predicted molar refractivity (Wildman–Crippen MR) is 70.0 cm³/mol. The topological polar surface area (TPSA) is 37.0 Å². The highest BCUT2D eigenvalue weighted by Crippen LogP contribution is 2.23. The van der Waals surface area contributed by atoms with E-state index in [2.05, 4.69) is 43.3 Å². The monoisotopic (exact) mass is 241 g/mol. The molecular weight excluding hydrogens is 222 g/mol. The third-order valence-electron chi connectivity index (χ3n) is 1.97. The molecule has 0 atom stereocenters. The zero-order chi connectivity index (χ0) is 12.2. The Labute approximate surface area is 103 Å². The highest BCUT2D eigenvalue weighted by atomic mass is 35.5. The van der Waals surface area contributed by atoms with Gasteiger partial charge in [-0.2, -0.15) is 0 Å². The quantitative estimate of drug-likeness (QED) is 0.851. The molecule has 1 aromatic rings. The fourth-order valence-electron chi connectivity index (χ4n) is 1.29. The summed E-state index contributed by atoms with van der Waals surface area (Å²) < 4.78 is 0. The van der Waals surface area contributed by atoms with Gasteiger partial charge in [0.05, 0.1) is 5.02 Å². The molecule has 0 aliphatic carbocycles. The maximum atomic E-state index is 6.16. The molecule has 1 heterocycles. The Hall–Kier alpha value is -0.800. The van der Waals surface area contributed by atoms with Crippen LogP contribution in [0.1, 0.15) is 33.3 Å². The average molecular weight is 242 g/mol. The number of aromatic nitrogens is 1. The molecule has 90 valence electrons. The van der Waals surface area contributed by atoms with Crippen LogP contribution in [0.2, 0.25) is 5.02 Å². The van der Waals surface area contributed by atoms with E-state index in [-0.39, 0.29) is 5.54 Å². The van der Waals surface area contributed by atoms with Crippen LogP contribution in [0.15, 0.2) is 12.3 Å². The molecule has 1 aromatic heterocycles. The number of nitrogens with zero attached hydrogens (tertiary/aromatic N) is 1. The van der Waals surface area contributed by atoms with E-state index in [1.807, 2.05) is 12.3 Å². The molecule has 0 saturated heterocycles. The molecule has 16 heavy (non-hydrogen) atoms. The van der Waals surface area contributed by atoms with Gasteiger partial charge in [-0.3, -0.25) is 0 Å². The Bertz CT molecular complexity index is 345. The zero-order valence-corrected chi connectivity index (χ0v) is 11.2. The third kappa shape index (κ3) is 4.37. The minimum absolute atomic E-state index is 0.0280. The number of pyridine rings is 1. The Morgan fingerprint density at radius 2 is 2.06 bits per heavy atom. The molecule has 0 amide bonds. The minimum atomic E-state index is -0.0280. The van der Waals surface area contributed by atoms with E-state index in [0.29, 0.717) is 5.02 Å². The zero-order valence-electron chi connectivity index (χ0n) is 10.4. The molecule has 0 saturated carbocycles. The van der Waals surface area contributed by atoms with Crippen molar-refractivity contribution in [3.63, 3.8) is 0 Å². The van der Waals surface area contributed by atoms with Gasteiger partial charge in [-0.25, -0.2) is 4.98 Å². The van der Waals surface area contributed by atoms with E-state index in [1.54, 1.807) is 0 Å².